The average Bonchev–Trinajstić information content (AvgIpc) is 2.69. The zero-order valence-electron chi connectivity index (χ0n) is 15.9. The van der Waals surface area contributed by atoms with Crippen LogP contribution in [0.25, 0.3) is 10.8 Å². The summed E-state index contributed by atoms with van der Waals surface area (Å²) in [7, 11) is -0.887. The third-order valence-electron chi connectivity index (χ3n) is 3.88. The lowest BCUT2D eigenvalue weighted by Crippen LogP contribution is -2.15. The molecule has 2 aromatic rings. The highest BCUT2D eigenvalue weighted by Gasteiger charge is 2.21. The van der Waals surface area contributed by atoms with Gasteiger partial charge < -0.3 is 4.74 Å². The lowest BCUT2D eigenvalue weighted by atomic mass is 10.2. The van der Waals surface area contributed by atoms with Gasteiger partial charge in [0.2, 0.25) is 0 Å². The lowest BCUT2D eigenvalue weighted by Gasteiger charge is -2.12. The Morgan fingerprint density at radius 3 is 2.50 bits per heavy atom. The topological polar surface area (TPSA) is 96.0 Å². The number of nitrogens with one attached hydrogen (secondary N) is 1. The van der Waals surface area contributed by atoms with Crippen LogP contribution in [0, 0.1) is 5.82 Å². The minimum absolute atomic E-state index is 0.254. The van der Waals surface area contributed by atoms with E-state index in [9.17, 15) is 13.8 Å². The van der Waals surface area contributed by atoms with E-state index in [-0.39, 0.29) is 19.0 Å². The number of benzene rings is 1. The van der Waals surface area contributed by atoms with Crippen LogP contribution < -0.4 is 5.32 Å². The molecule has 0 unspecified atom stereocenters. The normalized spacial score (nSPS) is 11.5. The van der Waals surface area contributed by atoms with Gasteiger partial charge in [-0.25, -0.2) is 18.7 Å². The summed E-state index contributed by atoms with van der Waals surface area (Å²) in [6.07, 6.45) is 3.92. The number of amides is 1. The fourth-order valence-electron chi connectivity index (χ4n) is 2.40. The highest BCUT2D eigenvalue weighted by molar-refractivity contribution is 7.48. The highest BCUT2D eigenvalue weighted by atomic mass is 31.2. The van der Waals surface area contributed by atoms with Crippen LogP contribution in [0.15, 0.2) is 30.5 Å². The Morgan fingerprint density at radius 2 is 1.79 bits per heavy atom. The summed E-state index contributed by atoms with van der Waals surface area (Å²) in [5, 5.41) is 3.93. The van der Waals surface area contributed by atoms with Gasteiger partial charge in [0.1, 0.15) is 11.6 Å². The van der Waals surface area contributed by atoms with E-state index in [1.54, 1.807) is 18.3 Å². The van der Waals surface area contributed by atoms with Crippen molar-refractivity contribution in [2.45, 2.75) is 25.7 Å². The fraction of sp³-hybridized carbons (Fsp3) is 0.444. The molecule has 2 rings (SSSR count). The van der Waals surface area contributed by atoms with Crippen LogP contribution in [0.5, 0.6) is 0 Å². The number of ether oxygens (including phenoxy) is 1. The molecule has 0 saturated carbocycles. The molecule has 28 heavy (non-hydrogen) atoms. The maximum absolute atomic E-state index is 13.3. The first kappa shape index (κ1) is 22.2. The minimum atomic E-state index is -3.41. The van der Waals surface area contributed by atoms with Crippen molar-refractivity contribution in [2.24, 2.45) is 0 Å². The number of rotatable bonds is 11. The number of aromatic nitrogens is 1. The molecule has 0 fully saturated rings. The Hall–Kier alpha value is -2.06. The number of hydrogen-bond donors (Lipinski definition) is 1. The second kappa shape index (κ2) is 11.1. The van der Waals surface area contributed by atoms with Gasteiger partial charge in [-0.3, -0.25) is 18.9 Å². The SMILES string of the molecule is COP(=O)(OC)OCCCCCCOC(=O)Nc1cc2cc(F)ccc2cn1. The molecule has 8 nitrogen and oxygen atoms in total. The second-order valence-electron chi connectivity index (χ2n) is 5.88. The van der Waals surface area contributed by atoms with Gasteiger partial charge in [0, 0.05) is 25.8 Å². The van der Waals surface area contributed by atoms with Crippen molar-refractivity contribution in [3.05, 3.63) is 36.3 Å². The molecule has 0 spiro atoms. The second-order valence-corrected chi connectivity index (χ2v) is 7.76. The zero-order valence-corrected chi connectivity index (χ0v) is 16.7. The Labute approximate surface area is 162 Å². The molecule has 1 amide bonds. The Morgan fingerprint density at radius 1 is 1.07 bits per heavy atom. The Balaban J connectivity index is 1.61. The van der Waals surface area contributed by atoms with Gasteiger partial charge in [-0.2, -0.15) is 0 Å². The van der Waals surface area contributed by atoms with Crippen molar-refractivity contribution in [2.75, 3.05) is 32.8 Å². The number of hydrogen-bond acceptors (Lipinski definition) is 7. The van der Waals surface area contributed by atoms with Crippen LogP contribution in [0.1, 0.15) is 25.7 Å². The van der Waals surface area contributed by atoms with E-state index in [2.05, 4.69) is 19.3 Å². The Kier molecular flexibility index (Phi) is 8.79. The zero-order chi connectivity index (χ0) is 20.4. The Bertz CT molecular complexity index is 827. The smallest absolute Gasteiger partial charge is 0.449 e. The number of phosphoric acid groups is 1. The lowest BCUT2D eigenvalue weighted by molar-refractivity contribution is 0.147. The predicted molar refractivity (Wildman–Crippen MR) is 103 cm³/mol. The molecule has 1 N–H and O–H groups in total. The molecule has 1 aromatic carbocycles. The van der Waals surface area contributed by atoms with Crippen LogP contribution in [0.2, 0.25) is 0 Å². The van der Waals surface area contributed by atoms with E-state index in [0.717, 1.165) is 18.2 Å². The van der Waals surface area contributed by atoms with E-state index in [0.29, 0.717) is 24.0 Å². The molecule has 10 heteroatoms. The first-order valence-corrected chi connectivity index (χ1v) is 10.3. The monoisotopic (exact) mass is 414 g/mol. The first-order chi connectivity index (χ1) is 13.5. The van der Waals surface area contributed by atoms with Crippen LogP contribution in [-0.2, 0) is 22.9 Å². The van der Waals surface area contributed by atoms with E-state index < -0.39 is 13.9 Å². The molecular weight excluding hydrogens is 390 g/mol. The molecule has 0 aliphatic rings. The van der Waals surface area contributed by atoms with Crippen molar-refractivity contribution >= 4 is 30.5 Å². The standard InChI is InChI=1S/C18H24FN2O6P/c1-24-28(23,25-2)27-10-6-4-3-5-9-26-18(22)21-17-12-15-11-16(19)8-7-14(15)13-20-17/h7-8,11-13H,3-6,9-10H2,1-2H3,(H,20,21,22). The van der Waals surface area contributed by atoms with Gasteiger partial charge in [0.15, 0.2) is 0 Å². The van der Waals surface area contributed by atoms with Crippen LogP contribution in [-0.4, -0.2) is 38.5 Å². The predicted octanol–water partition coefficient (Wildman–Crippen LogP) is 4.90. The number of nitrogens with zero attached hydrogens (tertiary/aromatic N) is 1. The van der Waals surface area contributed by atoms with Gasteiger partial charge in [-0.15, -0.1) is 0 Å². The number of fused-ring (bicyclic) bond motifs is 1. The summed E-state index contributed by atoms with van der Waals surface area (Å²) >= 11 is 0. The van der Waals surface area contributed by atoms with Crippen molar-refractivity contribution in [1.82, 2.24) is 4.98 Å². The number of halogens is 1. The maximum atomic E-state index is 13.3. The van der Waals surface area contributed by atoms with E-state index in [1.807, 2.05) is 0 Å². The van der Waals surface area contributed by atoms with Gasteiger partial charge in [0.25, 0.3) is 0 Å². The van der Waals surface area contributed by atoms with Gasteiger partial charge in [-0.05, 0) is 48.9 Å². The van der Waals surface area contributed by atoms with Crippen LogP contribution >= 0.6 is 7.82 Å². The minimum Gasteiger partial charge on any atom is -0.449 e. The number of phosphoric ester groups is 1. The van der Waals surface area contributed by atoms with E-state index >= 15 is 0 Å². The van der Waals surface area contributed by atoms with Crippen LogP contribution in [0.3, 0.4) is 0 Å². The number of pyridine rings is 1. The van der Waals surface area contributed by atoms with Crippen molar-refractivity contribution in [3.63, 3.8) is 0 Å². The highest BCUT2D eigenvalue weighted by Crippen LogP contribution is 2.47. The third kappa shape index (κ3) is 7.16. The number of carbonyl (C=O) groups is 1. The molecule has 0 aliphatic heterocycles. The maximum Gasteiger partial charge on any atom is 0.474 e. The summed E-state index contributed by atoms with van der Waals surface area (Å²) in [4.78, 5) is 15.9. The third-order valence-corrected chi connectivity index (χ3v) is 5.28. The van der Waals surface area contributed by atoms with Gasteiger partial charge in [-0.1, -0.05) is 6.42 Å². The van der Waals surface area contributed by atoms with Gasteiger partial charge >= 0.3 is 13.9 Å². The fourth-order valence-corrected chi connectivity index (χ4v) is 3.11. The molecule has 0 bridgehead atoms. The summed E-state index contributed by atoms with van der Waals surface area (Å²) < 4.78 is 44.4. The summed E-state index contributed by atoms with van der Waals surface area (Å²) in [6.45, 7) is 0.512. The number of unbranched alkanes of at least 4 members (excludes halogenated alkanes) is 3. The summed E-state index contributed by atoms with van der Waals surface area (Å²) in [5.41, 5.74) is 0. The number of anilines is 1. The molecular formula is C18H24FN2O6P. The molecule has 0 saturated heterocycles. The van der Waals surface area contributed by atoms with E-state index in [1.165, 1.54) is 26.4 Å². The molecule has 0 atom stereocenters. The molecule has 154 valence electrons. The van der Waals surface area contributed by atoms with Gasteiger partial charge in [0.05, 0.1) is 13.2 Å². The quantitative estimate of drug-likeness (QED) is 0.413. The molecule has 0 aliphatic carbocycles. The molecule has 0 radical (unpaired) electrons. The first-order valence-electron chi connectivity index (χ1n) is 8.81. The molecule has 1 aromatic heterocycles. The number of carbonyl (C=O) groups excluding carboxylic acids is 1. The molecule has 1 heterocycles. The van der Waals surface area contributed by atoms with Crippen molar-refractivity contribution in [1.29, 1.82) is 0 Å². The van der Waals surface area contributed by atoms with E-state index in [4.69, 9.17) is 9.26 Å². The summed E-state index contributed by atoms with van der Waals surface area (Å²) in [5.74, 6) is -0.0640. The summed E-state index contributed by atoms with van der Waals surface area (Å²) in [6, 6.07) is 5.92. The van der Waals surface area contributed by atoms with Crippen molar-refractivity contribution < 1.29 is 32.1 Å². The largest absolute Gasteiger partial charge is 0.474 e. The average molecular weight is 414 g/mol. The van der Waals surface area contributed by atoms with Crippen molar-refractivity contribution in [3.8, 4) is 0 Å². The van der Waals surface area contributed by atoms with Crippen LogP contribution in [0.4, 0.5) is 15.0 Å².